The summed E-state index contributed by atoms with van der Waals surface area (Å²) in [4.78, 5) is 4.39. The van der Waals surface area contributed by atoms with Gasteiger partial charge in [-0.15, -0.1) is 0 Å². The predicted molar refractivity (Wildman–Crippen MR) is 65.1 cm³/mol. The first kappa shape index (κ1) is 10.7. The number of para-hydroxylation sites is 1. The minimum absolute atomic E-state index is 0.119. The summed E-state index contributed by atoms with van der Waals surface area (Å²) in [7, 11) is 1.92. The topological polar surface area (TPSA) is 43.8 Å². The number of aromatic nitrogens is 2. The van der Waals surface area contributed by atoms with E-state index in [1.807, 2.05) is 17.7 Å². The number of fused-ring (bicyclic) bond motifs is 1. The van der Waals surface area contributed by atoms with Crippen LogP contribution >= 0.6 is 0 Å². The van der Waals surface area contributed by atoms with Crippen LogP contribution in [0.3, 0.4) is 0 Å². The van der Waals surface area contributed by atoms with Gasteiger partial charge in [-0.25, -0.2) is 9.37 Å². The molecule has 0 atom stereocenters. The van der Waals surface area contributed by atoms with Crippen molar-refractivity contribution >= 4 is 11.0 Å². The van der Waals surface area contributed by atoms with Crippen molar-refractivity contribution in [2.45, 2.75) is 31.2 Å². The Labute approximate surface area is 99.4 Å². The highest BCUT2D eigenvalue weighted by molar-refractivity contribution is 5.76. The second-order valence-electron chi connectivity index (χ2n) is 5.09. The summed E-state index contributed by atoms with van der Waals surface area (Å²) in [5.41, 5.74) is 7.38. The zero-order valence-corrected chi connectivity index (χ0v) is 9.91. The Morgan fingerprint density at radius 3 is 2.82 bits per heavy atom. The number of nitrogens with zero attached hydrogens (tertiary/aromatic N) is 2. The summed E-state index contributed by atoms with van der Waals surface area (Å²) >= 11 is 0. The maximum atomic E-state index is 13.6. The van der Waals surface area contributed by atoms with Gasteiger partial charge in [-0.3, -0.25) is 0 Å². The lowest BCUT2D eigenvalue weighted by Crippen LogP contribution is -2.48. The number of rotatable bonds is 2. The fraction of sp³-hybridized carbons (Fsp3) is 0.462. The van der Waals surface area contributed by atoms with E-state index in [0.717, 1.165) is 30.6 Å². The molecule has 3 nitrogen and oxygen atoms in total. The standard InChI is InChI=1S/C13H16FN3/c1-17-10-5-2-4-9(14)12(10)16-11(17)8-13(15)6-3-7-13/h2,4-5H,3,6-8,15H2,1H3. The van der Waals surface area contributed by atoms with Crippen molar-refractivity contribution < 1.29 is 4.39 Å². The Balaban J connectivity index is 2.05. The molecule has 1 heterocycles. The molecule has 17 heavy (non-hydrogen) atoms. The zero-order chi connectivity index (χ0) is 12.0. The molecule has 0 bridgehead atoms. The van der Waals surface area contributed by atoms with E-state index in [9.17, 15) is 4.39 Å². The van der Waals surface area contributed by atoms with Crippen LogP contribution in [0.5, 0.6) is 0 Å². The lowest BCUT2D eigenvalue weighted by molar-refractivity contribution is 0.242. The van der Waals surface area contributed by atoms with Crippen LogP contribution in [0.4, 0.5) is 4.39 Å². The highest BCUT2D eigenvalue weighted by Crippen LogP contribution is 2.32. The molecule has 4 heteroatoms. The molecule has 1 aliphatic carbocycles. The van der Waals surface area contributed by atoms with Gasteiger partial charge in [-0.05, 0) is 31.4 Å². The van der Waals surface area contributed by atoms with E-state index in [0.29, 0.717) is 5.52 Å². The van der Waals surface area contributed by atoms with Crippen molar-refractivity contribution in [1.29, 1.82) is 0 Å². The number of aryl methyl sites for hydroxylation is 1. The van der Waals surface area contributed by atoms with E-state index in [1.54, 1.807) is 6.07 Å². The van der Waals surface area contributed by atoms with E-state index in [4.69, 9.17) is 5.73 Å². The lowest BCUT2D eigenvalue weighted by Gasteiger charge is -2.37. The average Bonchev–Trinajstić information content (AvgIpc) is 2.57. The lowest BCUT2D eigenvalue weighted by atomic mass is 9.75. The van der Waals surface area contributed by atoms with Gasteiger partial charge in [0.15, 0.2) is 5.82 Å². The molecular weight excluding hydrogens is 217 g/mol. The predicted octanol–water partition coefficient (Wildman–Crippen LogP) is 2.14. The Kier molecular flexibility index (Phi) is 2.23. The second kappa shape index (κ2) is 3.53. The number of nitrogens with two attached hydrogens (primary N) is 1. The van der Waals surface area contributed by atoms with Gasteiger partial charge >= 0.3 is 0 Å². The van der Waals surface area contributed by atoms with E-state index in [-0.39, 0.29) is 11.4 Å². The second-order valence-corrected chi connectivity index (χ2v) is 5.09. The van der Waals surface area contributed by atoms with Crippen molar-refractivity contribution in [3.63, 3.8) is 0 Å². The van der Waals surface area contributed by atoms with Gasteiger partial charge in [0.25, 0.3) is 0 Å². The molecule has 1 aliphatic rings. The van der Waals surface area contributed by atoms with Gasteiger partial charge in [0.2, 0.25) is 0 Å². The van der Waals surface area contributed by atoms with Gasteiger partial charge in [-0.2, -0.15) is 0 Å². The summed E-state index contributed by atoms with van der Waals surface area (Å²) < 4.78 is 15.6. The summed E-state index contributed by atoms with van der Waals surface area (Å²) in [6, 6.07) is 5.05. The van der Waals surface area contributed by atoms with Crippen LogP contribution in [0.2, 0.25) is 0 Å². The van der Waals surface area contributed by atoms with Crippen molar-refractivity contribution in [3.8, 4) is 0 Å². The highest BCUT2D eigenvalue weighted by Gasteiger charge is 2.34. The van der Waals surface area contributed by atoms with Crippen LogP contribution in [-0.4, -0.2) is 15.1 Å². The molecule has 0 aliphatic heterocycles. The van der Waals surface area contributed by atoms with Crippen LogP contribution in [-0.2, 0) is 13.5 Å². The molecule has 1 aromatic carbocycles. The molecule has 2 N–H and O–H groups in total. The summed E-state index contributed by atoms with van der Waals surface area (Å²) in [5, 5.41) is 0. The van der Waals surface area contributed by atoms with Gasteiger partial charge in [0.1, 0.15) is 11.3 Å². The van der Waals surface area contributed by atoms with Gasteiger partial charge in [-0.1, -0.05) is 6.07 Å². The third-order valence-electron chi connectivity index (χ3n) is 3.81. The van der Waals surface area contributed by atoms with Crippen molar-refractivity contribution in [1.82, 2.24) is 9.55 Å². The van der Waals surface area contributed by atoms with Crippen molar-refractivity contribution in [2.24, 2.45) is 12.8 Å². The molecule has 0 unspecified atom stereocenters. The smallest absolute Gasteiger partial charge is 0.151 e. The maximum Gasteiger partial charge on any atom is 0.151 e. The Hall–Kier alpha value is -1.42. The highest BCUT2D eigenvalue weighted by atomic mass is 19.1. The van der Waals surface area contributed by atoms with Crippen molar-refractivity contribution in [3.05, 3.63) is 29.8 Å². The molecule has 1 saturated carbocycles. The minimum Gasteiger partial charge on any atom is -0.331 e. The SMILES string of the molecule is Cn1c(CC2(N)CCC2)nc2c(F)cccc21. The van der Waals surface area contributed by atoms with Crippen LogP contribution in [0, 0.1) is 5.82 Å². The van der Waals surface area contributed by atoms with Gasteiger partial charge in [0, 0.05) is 19.0 Å². The molecule has 0 amide bonds. The van der Waals surface area contributed by atoms with E-state index in [1.165, 1.54) is 12.5 Å². The number of halogens is 1. The van der Waals surface area contributed by atoms with E-state index < -0.39 is 0 Å². The first-order valence-electron chi connectivity index (χ1n) is 5.98. The quantitative estimate of drug-likeness (QED) is 0.863. The molecular formula is C13H16FN3. The molecule has 90 valence electrons. The number of hydrogen-bond donors (Lipinski definition) is 1. The monoisotopic (exact) mass is 233 g/mol. The van der Waals surface area contributed by atoms with Crippen LogP contribution in [0.25, 0.3) is 11.0 Å². The molecule has 0 saturated heterocycles. The largest absolute Gasteiger partial charge is 0.331 e. The Morgan fingerprint density at radius 2 is 2.24 bits per heavy atom. The summed E-state index contributed by atoms with van der Waals surface area (Å²) in [6.45, 7) is 0. The number of benzene rings is 1. The van der Waals surface area contributed by atoms with Crippen LogP contribution < -0.4 is 5.73 Å². The number of imidazole rings is 1. The maximum absolute atomic E-state index is 13.6. The number of hydrogen-bond acceptors (Lipinski definition) is 2. The van der Waals surface area contributed by atoms with Gasteiger partial charge in [0.05, 0.1) is 5.52 Å². The fourth-order valence-electron chi connectivity index (χ4n) is 2.51. The van der Waals surface area contributed by atoms with E-state index >= 15 is 0 Å². The first-order chi connectivity index (χ1) is 8.09. The van der Waals surface area contributed by atoms with Crippen LogP contribution in [0.15, 0.2) is 18.2 Å². The zero-order valence-electron chi connectivity index (χ0n) is 9.91. The molecule has 2 aromatic rings. The Morgan fingerprint density at radius 1 is 1.47 bits per heavy atom. The third-order valence-corrected chi connectivity index (χ3v) is 3.81. The normalized spacial score (nSPS) is 18.3. The minimum atomic E-state index is -0.260. The van der Waals surface area contributed by atoms with E-state index in [2.05, 4.69) is 4.98 Å². The molecule has 1 aromatic heterocycles. The Bertz CT molecular complexity index is 569. The fourth-order valence-corrected chi connectivity index (χ4v) is 2.51. The molecule has 1 fully saturated rings. The van der Waals surface area contributed by atoms with Crippen LogP contribution in [0.1, 0.15) is 25.1 Å². The first-order valence-corrected chi connectivity index (χ1v) is 5.98. The van der Waals surface area contributed by atoms with Crippen molar-refractivity contribution in [2.75, 3.05) is 0 Å². The third kappa shape index (κ3) is 1.63. The average molecular weight is 233 g/mol. The van der Waals surface area contributed by atoms with Gasteiger partial charge < -0.3 is 10.3 Å². The molecule has 3 rings (SSSR count). The molecule has 0 radical (unpaired) electrons. The summed E-state index contributed by atoms with van der Waals surface area (Å²) in [5.74, 6) is 0.622. The molecule has 0 spiro atoms. The summed E-state index contributed by atoms with van der Waals surface area (Å²) in [6.07, 6.45) is 4.00.